The fourth-order valence-electron chi connectivity index (χ4n) is 1.58. The molecule has 0 aliphatic carbocycles. The first-order valence-electron chi connectivity index (χ1n) is 6.02. The van der Waals surface area contributed by atoms with Crippen LogP contribution in [0.15, 0.2) is 29.2 Å². The van der Waals surface area contributed by atoms with Gasteiger partial charge in [-0.2, -0.15) is 0 Å². The van der Waals surface area contributed by atoms with Gasteiger partial charge in [-0.05, 0) is 18.6 Å². The van der Waals surface area contributed by atoms with E-state index in [1.54, 1.807) is 38.1 Å². The standard InChI is InChI=1S/C13H17NO4S/c1-3-10(13(16)17)14-12(15)9-7-5-6-8-11(9)19(18)4-2/h5-8,10H,3-4H2,1-2H3,(H,14,15)(H,16,17). The average molecular weight is 283 g/mol. The largest absolute Gasteiger partial charge is 0.480 e. The highest BCUT2D eigenvalue weighted by atomic mass is 32.2. The van der Waals surface area contributed by atoms with Gasteiger partial charge in [-0.3, -0.25) is 9.00 Å². The first-order chi connectivity index (χ1) is 9.01. The van der Waals surface area contributed by atoms with Crippen LogP contribution in [0.3, 0.4) is 0 Å². The molecule has 1 amide bonds. The number of amides is 1. The van der Waals surface area contributed by atoms with E-state index in [0.29, 0.717) is 17.1 Å². The third-order valence-electron chi connectivity index (χ3n) is 2.65. The first-order valence-corrected chi connectivity index (χ1v) is 7.34. The molecule has 2 atom stereocenters. The van der Waals surface area contributed by atoms with Gasteiger partial charge in [0.15, 0.2) is 0 Å². The summed E-state index contributed by atoms with van der Waals surface area (Å²) in [6.45, 7) is 3.44. The Labute approximate surface area is 114 Å². The van der Waals surface area contributed by atoms with Crippen LogP contribution < -0.4 is 5.32 Å². The molecular weight excluding hydrogens is 266 g/mol. The van der Waals surface area contributed by atoms with Crippen LogP contribution in [0.25, 0.3) is 0 Å². The summed E-state index contributed by atoms with van der Waals surface area (Å²) in [5, 5.41) is 11.3. The fourth-order valence-corrected chi connectivity index (χ4v) is 2.53. The molecule has 0 radical (unpaired) electrons. The van der Waals surface area contributed by atoms with Crippen LogP contribution >= 0.6 is 0 Å². The van der Waals surface area contributed by atoms with Crippen LogP contribution in [0.2, 0.25) is 0 Å². The molecule has 0 aliphatic heterocycles. The van der Waals surface area contributed by atoms with Crippen LogP contribution in [0.5, 0.6) is 0 Å². The van der Waals surface area contributed by atoms with E-state index >= 15 is 0 Å². The van der Waals surface area contributed by atoms with Crippen molar-refractivity contribution in [2.75, 3.05) is 5.75 Å². The van der Waals surface area contributed by atoms with E-state index in [4.69, 9.17) is 5.11 Å². The molecule has 6 heteroatoms. The second-order valence-corrected chi connectivity index (χ2v) is 5.61. The molecule has 0 bridgehead atoms. The average Bonchev–Trinajstić information content (AvgIpc) is 2.43. The molecule has 0 saturated carbocycles. The third-order valence-corrected chi connectivity index (χ3v) is 4.02. The highest BCUT2D eigenvalue weighted by molar-refractivity contribution is 7.85. The van der Waals surface area contributed by atoms with Gasteiger partial charge < -0.3 is 10.4 Å². The van der Waals surface area contributed by atoms with Crippen molar-refractivity contribution in [1.29, 1.82) is 0 Å². The number of hydrogen-bond acceptors (Lipinski definition) is 3. The maximum Gasteiger partial charge on any atom is 0.326 e. The van der Waals surface area contributed by atoms with Crippen molar-refractivity contribution in [3.05, 3.63) is 29.8 Å². The van der Waals surface area contributed by atoms with Gasteiger partial charge in [0.25, 0.3) is 5.91 Å². The van der Waals surface area contributed by atoms with Gasteiger partial charge in [0, 0.05) is 5.75 Å². The Balaban J connectivity index is 3.00. The van der Waals surface area contributed by atoms with E-state index in [-0.39, 0.29) is 5.56 Å². The molecule has 1 aromatic rings. The maximum absolute atomic E-state index is 12.1. The van der Waals surface area contributed by atoms with E-state index in [2.05, 4.69) is 5.32 Å². The van der Waals surface area contributed by atoms with Gasteiger partial charge in [0.05, 0.1) is 21.3 Å². The molecular formula is C13H17NO4S. The summed E-state index contributed by atoms with van der Waals surface area (Å²) in [6, 6.07) is 5.60. The number of rotatable bonds is 6. The Kier molecular flexibility index (Phi) is 5.69. The number of carbonyl (C=O) groups is 2. The summed E-state index contributed by atoms with van der Waals surface area (Å²) in [6.07, 6.45) is 0.292. The van der Waals surface area contributed by atoms with Crippen molar-refractivity contribution < 1.29 is 18.9 Å². The minimum absolute atomic E-state index is 0.266. The monoisotopic (exact) mass is 283 g/mol. The van der Waals surface area contributed by atoms with Crippen LogP contribution in [-0.2, 0) is 15.6 Å². The number of hydrogen-bond donors (Lipinski definition) is 2. The summed E-state index contributed by atoms with van der Waals surface area (Å²) in [7, 11) is -1.26. The smallest absolute Gasteiger partial charge is 0.326 e. The number of benzene rings is 1. The molecule has 2 unspecified atom stereocenters. The number of nitrogens with one attached hydrogen (secondary N) is 1. The Morgan fingerprint density at radius 3 is 2.47 bits per heavy atom. The van der Waals surface area contributed by atoms with Crippen LogP contribution in [-0.4, -0.2) is 33.0 Å². The number of aliphatic carboxylic acids is 1. The van der Waals surface area contributed by atoms with Crippen molar-refractivity contribution in [2.45, 2.75) is 31.2 Å². The van der Waals surface area contributed by atoms with Gasteiger partial charge >= 0.3 is 5.97 Å². The van der Waals surface area contributed by atoms with Crippen LogP contribution in [0, 0.1) is 0 Å². The summed E-state index contributed by atoms with van der Waals surface area (Å²) >= 11 is 0. The zero-order valence-corrected chi connectivity index (χ0v) is 11.7. The molecule has 0 fully saturated rings. The molecule has 0 saturated heterocycles. The second-order valence-electron chi connectivity index (χ2n) is 3.90. The van der Waals surface area contributed by atoms with Crippen molar-refractivity contribution >= 4 is 22.7 Å². The minimum Gasteiger partial charge on any atom is -0.480 e. The lowest BCUT2D eigenvalue weighted by Gasteiger charge is -2.14. The molecule has 104 valence electrons. The lowest BCUT2D eigenvalue weighted by Crippen LogP contribution is -2.40. The van der Waals surface area contributed by atoms with Crippen LogP contribution in [0.4, 0.5) is 0 Å². The Bertz CT molecular complexity index is 501. The third kappa shape index (κ3) is 3.89. The van der Waals surface area contributed by atoms with E-state index in [9.17, 15) is 13.8 Å². The van der Waals surface area contributed by atoms with Gasteiger partial charge in [-0.15, -0.1) is 0 Å². The normalized spacial score (nSPS) is 13.6. The first kappa shape index (κ1) is 15.4. The highest BCUT2D eigenvalue weighted by Crippen LogP contribution is 2.14. The van der Waals surface area contributed by atoms with Gasteiger partial charge in [-0.1, -0.05) is 26.0 Å². The van der Waals surface area contributed by atoms with Crippen molar-refractivity contribution in [1.82, 2.24) is 5.32 Å². The van der Waals surface area contributed by atoms with Crippen molar-refractivity contribution in [3.8, 4) is 0 Å². The van der Waals surface area contributed by atoms with Gasteiger partial charge in [0.2, 0.25) is 0 Å². The van der Waals surface area contributed by atoms with Gasteiger partial charge in [-0.25, -0.2) is 4.79 Å². The lowest BCUT2D eigenvalue weighted by molar-refractivity contribution is -0.139. The molecule has 2 N–H and O–H groups in total. The molecule has 0 aromatic heterocycles. The number of carbonyl (C=O) groups excluding carboxylic acids is 1. The molecule has 1 aromatic carbocycles. The number of carboxylic acid groups (broad SMARTS) is 1. The number of carboxylic acids is 1. The zero-order valence-electron chi connectivity index (χ0n) is 10.9. The molecule has 0 aliphatic rings. The quantitative estimate of drug-likeness (QED) is 0.826. The molecule has 1 rings (SSSR count). The second kappa shape index (κ2) is 7.04. The Morgan fingerprint density at radius 2 is 1.95 bits per heavy atom. The van der Waals surface area contributed by atoms with Crippen molar-refractivity contribution in [2.24, 2.45) is 0 Å². The summed E-state index contributed by atoms with van der Waals surface area (Å²) < 4.78 is 11.8. The van der Waals surface area contributed by atoms with Crippen LogP contribution in [0.1, 0.15) is 30.6 Å². The minimum atomic E-state index is -1.26. The topological polar surface area (TPSA) is 83.5 Å². The highest BCUT2D eigenvalue weighted by Gasteiger charge is 2.21. The summed E-state index contributed by atoms with van der Waals surface area (Å²) in [5.41, 5.74) is 0.266. The van der Waals surface area contributed by atoms with Crippen molar-refractivity contribution in [3.63, 3.8) is 0 Å². The fraction of sp³-hybridized carbons (Fsp3) is 0.385. The van der Waals surface area contributed by atoms with E-state index in [0.717, 1.165) is 0 Å². The molecule has 0 spiro atoms. The van der Waals surface area contributed by atoms with Gasteiger partial charge in [0.1, 0.15) is 6.04 Å². The zero-order chi connectivity index (χ0) is 14.4. The molecule has 0 heterocycles. The summed E-state index contributed by atoms with van der Waals surface area (Å²) in [4.78, 5) is 23.4. The molecule has 5 nitrogen and oxygen atoms in total. The summed E-state index contributed by atoms with van der Waals surface area (Å²) in [5.74, 6) is -1.18. The van der Waals surface area contributed by atoms with E-state index < -0.39 is 28.7 Å². The Morgan fingerprint density at radius 1 is 1.32 bits per heavy atom. The predicted molar refractivity (Wildman–Crippen MR) is 72.6 cm³/mol. The molecule has 19 heavy (non-hydrogen) atoms. The predicted octanol–water partition coefficient (Wildman–Crippen LogP) is 1.41. The Hall–Kier alpha value is -1.69. The lowest BCUT2D eigenvalue weighted by atomic mass is 10.1. The van der Waals surface area contributed by atoms with E-state index in [1.807, 2.05) is 0 Å². The maximum atomic E-state index is 12.1. The SMILES string of the molecule is CCC(NC(=O)c1ccccc1S(=O)CC)C(=O)O. The van der Waals surface area contributed by atoms with E-state index in [1.165, 1.54) is 0 Å².